The Morgan fingerprint density at radius 1 is 0.950 bits per heavy atom. The van der Waals surface area contributed by atoms with Gasteiger partial charge in [0, 0.05) is 25.0 Å². The van der Waals surface area contributed by atoms with Crippen LogP contribution in [-0.2, 0) is 11.8 Å². The van der Waals surface area contributed by atoms with Gasteiger partial charge in [-0.15, -0.1) is 0 Å². The Bertz CT molecular complexity index is 577. The average Bonchev–Trinajstić information content (AvgIpc) is 3.10. The van der Waals surface area contributed by atoms with Crippen LogP contribution < -0.4 is 0 Å². The molecule has 2 fully saturated rings. The molecule has 0 spiro atoms. The number of fused-ring (bicyclic) bond motifs is 1. The zero-order chi connectivity index (χ0) is 13.4. The lowest BCUT2D eigenvalue weighted by atomic mass is 9.95. The summed E-state index contributed by atoms with van der Waals surface area (Å²) in [6, 6.07) is 22.0. The topological polar surface area (TPSA) is 3.24 Å². The first-order valence-electron chi connectivity index (χ1n) is 7.69. The summed E-state index contributed by atoms with van der Waals surface area (Å²) >= 11 is 0. The highest BCUT2D eigenvalue weighted by Crippen LogP contribution is 2.58. The number of likely N-dealkylation sites (tertiary alicyclic amines) is 1. The molecule has 1 heterocycles. The van der Waals surface area contributed by atoms with Gasteiger partial charge in [0.05, 0.1) is 0 Å². The van der Waals surface area contributed by atoms with Gasteiger partial charge in [-0.3, -0.25) is 0 Å². The Balaban J connectivity index is 1.40. The van der Waals surface area contributed by atoms with E-state index in [9.17, 15) is 0 Å². The summed E-state index contributed by atoms with van der Waals surface area (Å²) in [5, 5.41) is 0. The third-order valence-corrected chi connectivity index (χ3v) is 5.12. The van der Waals surface area contributed by atoms with Crippen molar-refractivity contribution in [3.05, 3.63) is 71.8 Å². The van der Waals surface area contributed by atoms with E-state index in [0.29, 0.717) is 5.41 Å². The van der Waals surface area contributed by atoms with E-state index >= 15 is 0 Å². The Kier molecular flexibility index (Phi) is 2.89. The number of piperidine rings is 1. The first-order chi connectivity index (χ1) is 9.87. The van der Waals surface area contributed by atoms with Crippen molar-refractivity contribution in [2.45, 2.75) is 18.3 Å². The summed E-state index contributed by atoms with van der Waals surface area (Å²) in [6.07, 6.45) is 2.58. The van der Waals surface area contributed by atoms with E-state index in [1.165, 1.54) is 38.0 Å². The fraction of sp³-hybridized carbons (Fsp3) is 0.368. The van der Waals surface area contributed by atoms with Crippen molar-refractivity contribution >= 4 is 0 Å². The van der Waals surface area contributed by atoms with Crippen LogP contribution in [0.15, 0.2) is 60.7 Å². The van der Waals surface area contributed by atoms with Crippen molar-refractivity contribution in [2.75, 3.05) is 19.6 Å². The largest absolute Gasteiger partial charge is 0.302 e. The van der Waals surface area contributed by atoms with Crippen molar-refractivity contribution in [2.24, 2.45) is 5.92 Å². The van der Waals surface area contributed by atoms with Gasteiger partial charge < -0.3 is 4.90 Å². The first-order valence-corrected chi connectivity index (χ1v) is 7.69. The zero-order valence-electron chi connectivity index (χ0n) is 11.8. The summed E-state index contributed by atoms with van der Waals surface area (Å²) in [5.41, 5.74) is 3.52. The Morgan fingerprint density at radius 3 is 2.40 bits per heavy atom. The SMILES string of the molecule is c1ccc(CCN2CC3CC3(c3ccccc3)C2)cc1. The average molecular weight is 263 g/mol. The summed E-state index contributed by atoms with van der Waals surface area (Å²) in [7, 11) is 0. The molecule has 1 heteroatoms. The molecule has 2 aliphatic rings. The minimum absolute atomic E-state index is 0.498. The Labute approximate surface area is 121 Å². The highest BCUT2D eigenvalue weighted by Gasteiger charge is 2.60. The molecule has 2 unspecified atom stereocenters. The fourth-order valence-corrected chi connectivity index (χ4v) is 3.91. The Morgan fingerprint density at radius 2 is 1.65 bits per heavy atom. The molecule has 20 heavy (non-hydrogen) atoms. The molecule has 1 aliphatic heterocycles. The highest BCUT2D eigenvalue weighted by atomic mass is 15.2. The maximum atomic E-state index is 2.66. The van der Waals surface area contributed by atoms with Crippen molar-refractivity contribution in [3.63, 3.8) is 0 Å². The highest BCUT2D eigenvalue weighted by molar-refractivity contribution is 5.36. The molecule has 2 aromatic carbocycles. The Hall–Kier alpha value is -1.60. The van der Waals surface area contributed by atoms with Crippen molar-refractivity contribution in [3.8, 4) is 0 Å². The molecule has 1 aliphatic carbocycles. The van der Waals surface area contributed by atoms with E-state index in [1.54, 1.807) is 5.56 Å². The van der Waals surface area contributed by atoms with E-state index in [2.05, 4.69) is 65.6 Å². The van der Waals surface area contributed by atoms with Gasteiger partial charge >= 0.3 is 0 Å². The smallest absolute Gasteiger partial charge is 0.0124 e. The molecule has 1 saturated heterocycles. The van der Waals surface area contributed by atoms with Crippen LogP contribution in [0.2, 0.25) is 0 Å². The van der Waals surface area contributed by atoms with Gasteiger partial charge in [0.2, 0.25) is 0 Å². The minimum Gasteiger partial charge on any atom is -0.302 e. The van der Waals surface area contributed by atoms with Gasteiger partial charge in [0.15, 0.2) is 0 Å². The van der Waals surface area contributed by atoms with E-state index in [-0.39, 0.29) is 0 Å². The molecule has 0 aromatic heterocycles. The quantitative estimate of drug-likeness (QED) is 0.816. The first kappa shape index (κ1) is 12.2. The third-order valence-electron chi connectivity index (χ3n) is 5.12. The van der Waals surface area contributed by atoms with E-state index in [4.69, 9.17) is 0 Å². The zero-order valence-corrected chi connectivity index (χ0v) is 11.8. The van der Waals surface area contributed by atoms with Gasteiger partial charge in [0.1, 0.15) is 0 Å². The van der Waals surface area contributed by atoms with Crippen LogP contribution in [0.25, 0.3) is 0 Å². The molecular weight excluding hydrogens is 242 g/mol. The predicted molar refractivity (Wildman–Crippen MR) is 82.8 cm³/mol. The van der Waals surface area contributed by atoms with Crippen LogP contribution in [0.4, 0.5) is 0 Å². The van der Waals surface area contributed by atoms with Crippen LogP contribution in [0.5, 0.6) is 0 Å². The molecule has 0 bridgehead atoms. The molecule has 2 aromatic rings. The summed E-state index contributed by atoms with van der Waals surface area (Å²) in [6.45, 7) is 3.76. The standard InChI is InChI=1S/C19H21N/c1-3-7-16(8-4-1)11-12-20-14-18-13-19(18,15-20)17-9-5-2-6-10-17/h1-10,18H,11-15H2. The van der Waals surface area contributed by atoms with Gasteiger partial charge in [-0.1, -0.05) is 60.7 Å². The third kappa shape index (κ3) is 2.06. The number of hydrogen-bond acceptors (Lipinski definition) is 1. The fourth-order valence-electron chi connectivity index (χ4n) is 3.91. The molecule has 2 atom stereocenters. The van der Waals surface area contributed by atoms with Crippen molar-refractivity contribution in [1.29, 1.82) is 0 Å². The second-order valence-electron chi connectivity index (χ2n) is 6.39. The molecule has 4 rings (SSSR count). The van der Waals surface area contributed by atoms with Crippen LogP contribution >= 0.6 is 0 Å². The molecule has 102 valence electrons. The predicted octanol–water partition coefficient (Wildman–Crippen LogP) is 3.50. The minimum atomic E-state index is 0.498. The van der Waals surface area contributed by atoms with Crippen molar-refractivity contribution in [1.82, 2.24) is 4.90 Å². The lowest BCUT2D eigenvalue weighted by molar-refractivity contribution is 0.302. The van der Waals surface area contributed by atoms with E-state index in [0.717, 1.165) is 5.92 Å². The van der Waals surface area contributed by atoms with Crippen LogP contribution in [0.3, 0.4) is 0 Å². The number of rotatable bonds is 4. The normalized spacial score (nSPS) is 28.3. The molecular formula is C19H21N. The van der Waals surface area contributed by atoms with Gasteiger partial charge in [-0.25, -0.2) is 0 Å². The molecule has 1 saturated carbocycles. The number of benzene rings is 2. The van der Waals surface area contributed by atoms with Gasteiger partial charge in [-0.05, 0) is 29.9 Å². The molecule has 0 N–H and O–H groups in total. The molecule has 1 nitrogen and oxygen atoms in total. The maximum Gasteiger partial charge on any atom is 0.0124 e. The lowest BCUT2D eigenvalue weighted by Crippen LogP contribution is -2.28. The van der Waals surface area contributed by atoms with Crippen LogP contribution in [0, 0.1) is 5.92 Å². The summed E-state index contributed by atoms with van der Waals surface area (Å²) in [5.74, 6) is 0.903. The number of hydrogen-bond donors (Lipinski definition) is 0. The second kappa shape index (κ2) is 4.75. The van der Waals surface area contributed by atoms with Gasteiger partial charge in [-0.2, -0.15) is 0 Å². The van der Waals surface area contributed by atoms with Gasteiger partial charge in [0.25, 0.3) is 0 Å². The van der Waals surface area contributed by atoms with Crippen molar-refractivity contribution < 1.29 is 0 Å². The van der Waals surface area contributed by atoms with Crippen LogP contribution in [0.1, 0.15) is 17.5 Å². The lowest BCUT2D eigenvalue weighted by Gasteiger charge is -2.21. The van der Waals surface area contributed by atoms with E-state index in [1.807, 2.05) is 0 Å². The summed E-state index contributed by atoms with van der Waals surface area (Å²) < 4.78 is 0. The molecule has 0 radical (unpaired) electrons. The number of nitrogens with zero attached hydrogens (tertiary/aromatic N) is 1. The van der Waals surface area contributed by atoms with Crippen LogP contribution in [-0.4, -0.2) is 24.5 Å². The maximum absolute atomic E-state index is 2.66. The van der Waals surface area contributed by atoms with E-state index < -0.39 is 0 Å². The summed E-state index contributed by atoms with van der Waals surface area (Å²) in [4.78, 5) is 2.66. The second-order valence-corrected chi connectivity index (χ2v) is 6.39. The monoisotopic (exact) mass is 263 g/mol. The molecule has 0 amide bonds.